The molecule has 1 aromatic heterocycles. The van der Waals surface area contributed by atoms with Crippen molar-refractivity contribution in [2.24, 2.45) is 4.99 Å². The van der Waals surface area contributed by atoms with Gasteiger partial charge >= 0.3 is 0 Å². The third-order valence-electron chi connectivity index (χ3n) is 2.45. The van der Waals surface area contributed by atoms with Gasteiger partial charge in [-0.1, -0.05) is 13.8 Å². The molecule has 4 nitrogen and oxygen atoms in total. The van der Waals surface area contributed by atoms with E-state index in [1.54, 1.807) is 18.4 Å². The van der Waals surface area contributed by atoms with Crippen LogP contribution in [0.3, 0.4) is 0 Å². The van der Waals surface area contributed by atoms with Gasteiger partial charge in [-0.3, -0.25) is 4.99 Å². The third-order valence-corrected chi connectivity index (χ3v) is 3.65. The number of rotatable bonds is 4. The molecule has 0 atom stereocenters. The van der Waals surface area contributed by atoms with Crippen molar-refractivity contribution >= 4 is 17.3 Å². The Bertz CT molecular complexity index is 415. The SMILES string of the molecule is CN=C(NCCc1csc(C(C)C)n1)NC(C)(C)C. The van der Waals surface area contributed by atoms with Gasteiger partial charge in [0.25, 0.3) is 0 Å². The van der Waals surface area contributed by atoms with Crippen molar-refractivity contribution in [2.45, 2.75) is 52.5 Å². The molecule has 0 fully saturated rings. The summed E-state index contributed by atoms with van der Waals surface area (Å²) in [5.41, 5.74) is 1.18. The Kier molecular flexibility index (Phi) is 5.79. The van der Waals surface area contributed by atoms with Crippen molar-refractivity contribution < 1.29 is 0 Å². The summed E-state index contributed by atoms with van der Waals surface area (Å²) in [6, 6.07) is 0. The van der Waals surface area contributed by atoms with Crippen LogP contribution in [0.1, 0.15) is 51.2 Å². The molecule has 2 N–H and O–H groups in total. The normalized spacial score (nSPS) is 12.9. The molecule has 1 aromatic rings. The molecule has 19 heavy (non-hydrogen) atoms. The van der Waals surface area contributed by atoms with E-state index in [2.05, 4.69) is 60.6 Å². The van der Waals surface area contributed by atoms with Gasteiger partial charge in [-0.25, -0.2) is 4.98 Å². The van der Waals surface area contributed by atoms with Gasteiger partial charge in [-0.2, -0.15) is 0 Å². The Morgan fingerprint density at radius 3 is 2.58 bits per heavy atom. The highest BCUT2D eigenvalue weighted by atomic mass is 32.1. The van der Waals surface area contributed by atoms with Crippen molar-refractivity contribution in [2.75, 3.05) is 13.6 Å². The first-order chi connectivity index (χ1) is 8.81. The zero-order valence-electron chi connectivity index (χ0n) is 12.9. The molecule has 0 saturated carbocycles. The second-order valence-corrected chi connectivity index (χ2v) is 6.85. The number of thiazole rings is 1. The molecule has 1 rings (SSSR count). The first-order valence-corrected chi connectivity index (χ1v) is 7.63. The summed E-state index contributed by atoms with van der Waals surface area (Å²) >= 11 is 1.75. The van der Waals surface area contributed by atoms with E-state index in [9.17, 15) is 0 Å². The quantitative estimate of drug-likeness (QED) is 0.659. The van der Waals surface area contributed by atoms with E-state index in [-0.39, 0.29) is 5.54 Å². The molecule has 0 aliphatic carbocycles. The number of aromatic nitrogens is 1. The first-order valence-electron chi connectivity index (χ1n) is 6.75. The summed E-state index contributed by atoms with van der Waals surface area (Å²) in [6.45, 7) is 11.6. The summed E-state index contributed by atoms with van der Waals surface area (Å²) in [4.78, 5) is 8.84. The molecule has 0 saturated heterocycles. The molecule has 1 heterocycles. The lowest BCUT2D eigenvalue weighted by Crippen LogP contribution is -2.48. The van der Waals surface area contributed by atoms with E-state index >= 15 is 0 Å². The molecule has 108 valence electrons. The van der Waals surface area contributed by atoms with Crippen molar-refractivity contribution in [3.63, 3.8) is 0 Å². The monoisotopic (exact) mass is 282 g/mol. The van der Waals surface area contributed by atoms with Crippen molar-refractivity contribution in [1.29, 1.82) is 0 Å². The van der Waals surface area contributed by atoms with Gasteiger partial charge in [0.2, 0.25) is 0 Å². The highest BCUT2D eigenvalue weighted by molar-refractivity contribution is 7.09. The van der Waals surface area contributed by atoms with Crippen LogP contribution < -0.4 is 10.6 Å². The van der Waals surface area contributed by atoms with E-state index in [1.807, 2.05) is 0 Å². The van der Waals surface area contributed by atoms with Crippen LogP contribution in [-0.4, -0.2) is 30.1 Å². The van der Waals surface area contributed by atoms with E-state index in [0.717, 1.165) is 24.6 Å². The first kappa shape index (κ1) is 16.0. The van der Waals surface area contributed by atoms with Crippen LogP contribution in [0.4, 0.5) is 0 Å². The van der Waals surface area contributed by atoms with Crippen LogP contribution in [0.2, 0.25) is 0 Å². The van der Waals surface area contributed by atoms with E-state index in [0.29, 0.717) is 5.92 Å². The van der Waals surface area contributed by atoms with Crippen LogP contribution in [0.15, 0.2) is 10.4 Å². The second-order valence-electron chi connectivity index (χ2n) is 5.96. The Labute approximate surface area is 120 Å². The Balaban J connectivity index is 2.40. The zero-order valence-corrected chi connectivity index (χ0v) is 13.7. The molecule has 0 radical (unpaired) electrons. The molecular formula is C14H26N4S. The van der Waals surface area contributed by atoms with E-state index < -0.39 is 0 Å². The molecule has 0 unspecified atom stereocenters. The highest BCUT2D eigenvalue weighted by Crippen LogP contribution is 2.19. The predicted molar refractivity (Wildman–Crippen MR) is 84.2 cm³/mol. The lowest BCUT2D eigenvalue weighted by atomic mass is 10.1. The summed E-state index contributed by atoms with van der Waals surface area (Å²) in [7, 11) is 1.79. The van der Waals surface area contributed by atoms with Crippen molar-refractivity contribution in [3.05, 3.63) is 16.1 Å². The number of hydrogen-bond donors (Lipinski definition) is 2. The molecule has 0 aliphatic rings. The second kappa shape index (κ2) is 6.89. The summed E-state index contributed by atoms with van der Waals surface area (Å²) in [6.07, 6.45) is 0.925. The van der Waals surface area contributed by atoms with Crippen molar-refractivity contribution in [1.82, 2.24) is 15.6 Å². The molecule has 0 amide bonds. The minimum Gasteiger partial charge on any atom is -0.356 e. The van der Waals surface area contributed by atoms with Gasteiger partial charge in [-0.05, 0) is 20.8 Å². The van der Waals surface area contributed by atoms with Crippen LogP contribution in [-0.2, 0) is 6.42 Å². The van der Waals surface area contributed by atoms with Crippen LogP contribution in [0.5, 0.6) is 0 Å². The largest absolute Gasteiger partial charge is 0.356 e. The van der Waals surface area contributed by atoms with Crippen LogP contribution in [0, 0.1) is 0 Å². The van der Waals surface area contributed by atoms with Gasteiger partial charge in [0.1, 0.15) is 0 Å². The van der Waals surface area contributed by atoms with E-state index in [1.165, 1.54) is 5.01 Å². The van der Waals surface area contributed by atoms with Gasteiger partial charge in [-0.15, -0.1) is 11.3 Å². The highest BCUT2D eigenvalue weighted by Gasteiger charge is 2.11. The summed E-state index contributed by atoms with van der Waals surface area (Å²) in [5.74, 6) is 1.36. The molecule has 0 aromatic carbocycles. The standard InChI is InChI=1S/C14H26N4S/c1-10(2)12-17-11(9-19-12)7-8-16-13(15-6)18-14(3,4)5/h9-10H,7-8H2,1-6H3,(H2,15,16,18). The number of guanidine groups is 1. The zero-order chi connectivity index (χ0) is 14.5. The molecule has 0 bridgehead atoms. The minimum atomic E-state index is 0.0211. The minimum absolute atomic E-state index is 0.0211. The summed E-state index contributed by atoms with van der Waals surface area (Å²) in [5, 5.41) is 10.0. The third kappa shape index (κ3) is 6.05. The van der Waals surface area contributed by atoms with Gasteiger partial charge in [0, 0.05) is 36.9 Å². The average Bonchev–Trinajstić information content (AvgIpc) is 2.75. The van der Waals surface area contributed by atoms with E-state index in [4.69, 9.17) is 0 Å². The number of nitrogens with one attached hydrogen (secondary N) is 2. The topological polar surface area (TPSA) is 49.3 Å². The van der Waals surface area contributed by atoms with Gasteiger partial charge in [0.05, 0.1) is 10.7 Å². The molecular weight excluding hydrogens is 256 g/mol. The maximum atomic E-state index is 4.63. The maximum Gasteiger partial charge on any atom is 0.191 e. The number of aliphatic imine (C=N–C) groups is 1. The fraction of sp³-hybridized carbons (Fsp3) is 0.714. The molecule has 0 spiro atoms. The number of hydrogen-bond acceptors (Lipinski definition) is 3. The Morgan fingerprint density at radius 2 is 2.11 bits per heavy atom. The van der Waals surface area contributed by atoms with Gasteiger partial charge < -0.3 is 10.6 Å². The van der Waals surface area contributed by atoms with Crippen molar-refractivity contribution in [3.8, 4) is 0 Å². The Hall–Kier alpha value is -1.10. The summed E-state index contributed by atoms with van der Waals surface area (Å²) < 4.78 is 0. The smallest absolute Gasteiger partial charge is 0.191 e. The lowest BCUT2D eigenvalue weighted by molar-refractivity contribution is 0.501. The average molecular weight is 282 g/mol. The fourth-order valence-corrected chi connectivity index (χ4v) is 2.42. The van der Waals surface area contributed by atoms with Crippen LogP contribution >= 0.6 is 11.3 Å². The maximum absolute atomic E-state index is 4.63. The Morgan fingerprint density at radius 1 is 1.42 bits per heavy atom. The fourth-order valence-electron chi connectivity index (χ4n) is 1.55. The molecule has 0 aliphatic heterocycles. The van der Waals surface area contributed by atoms with Gasteiger partial charge in [0.15, 0.2) is 5.96 Å². The lowest BCUT2D eigenvalue weighted by Gasteiger charge is -2.23. The predicted octanol–water partition coefficient (Wildman–Crippen LogP) is 2.77. The van der Waals surface area contributed by atoms with Crippen LogP contribution in [0.25, 0.3) is 0 Å². The molecule has 5 heteroatoms. The number of nitrogens with zero attached hydrogens (tertiary/aromatic N) is 2.